The third kappa shape index (κ3) is 7.80. The minimum Gasteiger partial charge on any atom is -1.00 e. The molecule has 0 amide bonds. The van der Waals surface area contributed by atoms with Crippen LogP contribution in [0.1, 0.15) is 39.5 Å². The Hall–Kier alpha value is 0.203. The summed E-state index contributed by atoms with van der Waals surface area (Å²) in [4.78, 5) is 0. The average Bonchev–Trinajstić information content (AvgIpc) is 3.28. The van der Waals surface area contributed by atoms with E-state index in [1.54, 1.807) is 5.30 Å². The van der Waals surface area contributed by atoms with E-state index in [0.29, 0.717) is 0 Å². The van der Waals surface area contributed by atoms with Gasteiger partial charge in [0.1, 0.15) is 0 Å². The Labute approximate surface area is 204 Å². The van der Waals surface area contributed by atoms with Gasteiger partial charge in [-0.3, -0.25) is 0 Å². The van der Waals surface area contributed by atoms with E-state index in [2.05, 4.69) is 81.0 Å². The van der Waals surface area contributed by atoms with E-state index in [9.17, 15) is 0 Å². The Balaban J connectivity index is 0.000000525. The Morgan fingerprint density at radius 1 is 1.00 bits per heavy atom. The molecule has 0 spiro atoms. The molecule has 150 valence electrons. The first-order valence-electron chi connectivity index (χ1n) is 9.90. The van der Waals surface area contributed by atoms with Crippen molar-refractivity contribution in [2.45, 2.75) is 39.5 Å². The minimum atomic E-state index is 0. The van der Waals surface area contributed by atoms with Crippen molar-refractivity contribution in [1.29, 1.82) is 0 Å². The summed E-state index contributed by atoms with van der Waals surface area (Å²) in [6.07, 6.45) is 19.5. The molecule has 0 N–H and O–H groups in total. The summed E-state index contributed by atoms with van der Waals surface area (Å²) in [5.74, 6) is 1.62. The molecule has 0 aliphatic heterocycles. The third-order valence-electron chi connectivity index (χ3n) is 5.19. The van der Waals surface area contributed by atoms with E-state index < -0.39 is 0 Å². The predicted octanol–water partition coefficient (Wildman–Crippen LogP) is 0.834. The molecule has 2 aliphatic rings. The van der Waals surface area contributed by atoms with E-state index in [1.807, 2.05) is 0 Å². The number of hydrogen-bond acceptors (Lipinski definition) is 0. The number of fused-ring (bicyclic) bond motifs is 2. The molecule has 1 saturated carbocycles. The monoisotopic (exact) mass is 510 g/mol. The molecular formula is C24H31Cl2PZr. The number of rotatable bonds is 5. The van der Waals surface area contributed by atoms with Crippen LogP contribution in [-0.2, 0) is 26.2 Å². The molecule has 1 fully saturated rings. The number of allylic oxidation sites excluding steroid dienone is 4. The van der Waals surface area contributed by atoms with Gasteiger partial charge in [-0.2, -0.15) is 12.5 Å². The molecule has 4 rings (SSSR count). The maximum atomic E-state index is 2.42. The van der Waals surface area contributed by atoms with Crippen molar-refractivity contribution >= 4 is 24.0 Å². The Kier molecular flexibility index (Phi) is 15.2. The zero-order valence-corrected chi connectivity index (χ0v) is 21.8. The molecule has 0 nitrogen and oxygen atoms in total. The van der Waals surface area contributed by atoms with Gasteiger partial charge in [0.2, 0.25) is 0 Å². The molecule has 0 saturated heterocycles. The van der Waals surface area contributed by atoms with Crippen LogP contribution in [0.2, 0.25) is 0 Å². The third-order valence-corrected chi connectivity index (χ3v) is 8.15. The van der Waals surface area contributed by atoms with Gasteiger partial charge in [-0.25, -0.2) is 0 Å². The van der Waals surface area contributed by atoms with E-state index in [4.69, 9.17) is 0 Å². The first-order valence-corrected chi connectivity index (χ1v) is 11.6. The second kappa shape index (κ2) is 15.1. The van der Waals surface area contributed by atoms with Crippen LogP contribution in [0.5, 0.6) is 0 Å². The van der Waals surface area contributed by atoms with Gasteiger partial charge in [0.25, 0.3) is 0 Å². The Morgan fingerprint density at radius 3 is 2.32 bits per heavy atom. The van der Waals surface area contributed by atoms with Crippen molar-refractivity contribution < 1.29 is 51.0 Å². The Bertz CT molecular complexity index is 665. The molecule has 2 aliphatic carbocycles. The summed E-state index contributed by atoms with van der Waals surface area (Å²) in [6, 6.07) is 13.5. The first-order chi connectivity index (χ1) is 12.3. The van der Waals surface area contributed by atoms with Gasteiger partial charge in [0, 0.05) is 0 Å². The van der Waals surface area contributed by atoms with Crippen molar-refractivity contribution in [3.05, 3.63) is 67.1 Å². The number of halogens is 2. The maximum Gasteiger partial charge on any atom is 4.00 e. The molecule has 4 heteroatoms. The van der Waals surface area contributed by atoms with E-state index in [0.717, 1.165) is 11.8 Å². The molecule has 28 heavy (non-hydrogen) atoms. The quantitative estimate of drug-likeness (QED) is 0.412. The fourth-order valence-corrected chi connectivity index (χ4v) is 6.38. The topological polar surface area (TPSA) is 0 Å². The molecule has 2 atom stereocenters. The molecule has 0 bridgehead atoms. The van der Waals surface area contributed by atoms with Gasteiger partial charge >= 0.3 is 26.2 Å². The molecule has 2 aromatic rings. The van der Waals surface area contributed by atoms with Crippen molar-refractivity contribution in [2.24, 2.45) is 11.8 Å². The summed E-state index contributed by atoms with van der Waals surface area (Å²) in [6.45, 7) is 4.60. The zero-order valence-electron chi connectivity index (χ0n) is 17.0. The van der Waals surface area contributed by atoms with Crippen LogP contribution in [0.4, 0.5) is 0 Å². The molecule has 2 aromatic carbocycles. The largest absolute Gasteiger partial charge is 4.00 e. The van der Waals surface area contributed by atoms with Gasteiger partial charge in [-0.15, -0.1) is 52.3 Å². The normalized spacial score (nSPS) is 19.1. The molecular weight excluding hydrogens is 481 g/mol. The maximum absolute atomic E-state index is 2.42. The van der Waals surface area contributed by atoms with Gasteiger partial charge in [0.05, 0.1) is 0 Å². The van der Waals surface area contributed by atoms with Crippen LogP contribution in [0.25, 0.3) is 10.8 Å². The van der Waals surface area contributed by atoms with Crippen molar-refractivity contribution in [3.63, 3.8) is 0 Å². The first kappa shape index (κ1) is 28.2. The predicted molar refractivity (Wildman–Crippen MR) is 115 cm³/mol. The van der Waals surface area contributed by atoms with Crippen LogP contribution in [0.15, 0.2) is 60.7 Å². The molecule has 0 aromatic heterocycles. The Morgan fingerprint density at radius 2 is 1.68 bits per heavy atom. The van der Waals surface area contributed by atoms with E-state index >= 15 is 0 Å². The molecule has 0 heterocycles. The smallest absolute Gasteiger partial charge is 1.00 e. The van der Waals surface area contributed by atoms with Gasteiger partial charge in [0.15, 0.2) is 0 Å². The van der Waals surface area contributed by atoms with Crippen LogP contribution in [0.3, 0.4) is 0 Å². The second-order valence-corrected chi connectivity index (χ2v) is 9.64. The summed E-state index contributed by atoms with van der Waals surface area (Å²) >= 11 is 0. The summed E-state index contributed by atoms with van der Waals surface area (Å²) in [5.41, 5.74) is 0. The van der Waals surface area contributed by atoms with Crippen molar-refractivity contribution in [3.8, 4) is 0 Å². The summed E-state index contributed by atoms with van der Waals surface area (Å²) in [5, 5.41) is 4.44. The summed E-state index contributed by atoms with van der Waals surface area (Å²) < 4.78 is 0. The van der Waals surface area contributed by atoms with Gasteiger partial charge in [-0.1, -0.05) is 65.3 Å². The van der Waals surface area contributed by atoms with Crippen LogP contribution in [-0.4, -0.2) is 12.3 Å². The summed E-state index contributed by atoms with van der Waals surface area (Å²) in [7, 11) is 0.0972. The zero-order chi connectivity index (χ0) is 17.5. The van der Waals surface area contributed by atoms with Crippen LogP contribution < -0.4 is 30.1 Å². The molecule has 0 radical (unpaired) electrons. The van der Waals surface area contributed by atoms with Crippen LogP contribution in [0, 0.1) is 18.3 Å². The van der Waals surface area contributed by atoms with Gasteiger partial charge in [-0.05, 0) is 18.2 Å². The SMILES string of the molecule is C1=CC2[CH-]CCC2C=C1.CCCP(CCC)c1cc2ccccc2[cH-]1.[Cl-].[Cl-].[Zr+4]. The number of benzene rings is 1. The van der Waals surface area contributed by atoms with Crippen molar-refractivity contribution in [1.82, 2.24) is 0 Å². The van der Waals surface area contributed by atoms with Crippen LogP contribution >= 0.6 is 7.92 Å². The average molecular weight is 513 g/mol. The second-order valence-electron chi connectivity index (χ2n) is 7.15. The number of hydrogen-bond donors (Lipinski definition) is 0. The fourth-order valence-electron chi connectivity index (χ4n) is 3.92. The van der Waals surface area contributed by atoms with Gasteiger partial charge < -0.3 is 31.2 Å². The van der Waals surface area contributed by atoms with Crippen molar-refractivity contribution in [2.75, 3.05) is 12.3 Å². The van der Waals surface area contributed by atoms with E-state index in [1.165, 1.54) is 48.8 Å². The molecule has 2 unspecified atom stereocenters. The van der Waals surface area contributed by atoms with E-state index in [-0.39, 0.29) is 58.9 Å². The fraction of sp³-hybridized carbons (Fsp3) is 0.417. The minimum absolute atomic E-state index is 0. The standard InChI is InChI=1S/C15H20P.C9H11.2ClH.Zr/c1-3-9-16(10-4-2)15-11-13-7-5-6-8-14(13)12-15;1-2-5-9-7-3-6-8(9)4-1;;;/h5-8,11-12H,3-4,9-10H2,1-2H3;1-2,4-6,8-9H,3,7H2;2*1H;/q2*-1;;;+4/p-2.